The number of rotatable bonds is 5. The predicted octanol–water partition coefficient (Wildman–Crippen LogP) is 1.37. The molecule has 112 valence electrons. The third-order valence-corrected chi connectivity index (χ3v) is 3.88. The van der Waals surface area contributed by atoms with E-state index in [9.17, 15) is 14.4 Å². The van der Waals surface area contributed by atoms with E-state index in [2.05, 4.69) is 5.32 Å². The highest BCUT2D eigenvalue weighted by atomic mass is 35.5. The van der Waals surface area contributed by atoms with Gasteiger partial charge in [0, 0.05) is 18.0 Å². The second-order valence-corrected chi connectivity index (χ2v) is 5.31. The van der Waals surface area contributed by atoms with Crippen LogP contribution >= 0.6 is 11.6 Å². The van der Waals surface area contributed by atoms with Crippen LogP contribution in [0.5, 0.6) is 0 Å². The number of nitrogens with zero attached hydrogens (tertiary/aromatic N) is 1. The number of carbonyl (C=O) groups is 3. The van der Waals surface area contributed by atoms with Crippen molar-refractivity contribution in [3.05, 3.63) is 34.9 Å². The zero-order chi connectivity index (χ0) is 15.6. The monoisotopic (exact) mass is 309 g/mol. The van der Waals surface area contributed by atoms with Crippen molar-refractivity contribution < 1.29 is 14.4 Å². The maximum atomic E-state index is 12.6. The van der Waals surface area contributed by atoms with Crippen LogP contribution in [0.1, 0.15) is 25.3 Å². The van der Waals surface area contributed by atoms with Gasteiger partial charge in [0.2, 0.25) is 5.91 Å². The zero-order valence-electron chi connectivity index (χ0n) is 11.6. The van der Waals surface area contributed by atoms with Crippen LogP contribution in [0.2, 0.25) is 5.02 Å². The fraction of sp³-hybridized carbons (Fsp3) is 0.357. The van der Waals surface area contributed by atoms with Crippen LogP contribution in [0.15, 0.2) is 24.3 Å². The van der Waals surface area contributed by atoms with Gasteiger partial charge in [-0.25, -0.2) is 4.79 Å². The number of amides is 4. The van der Waals surface area contributed by atoms with E-state index in [-0.39, 0.29) is 18.9 Å². The molecular formula is C14H16ClN3O3. The van der Waals surface area contributed by atoms with Gasteiger partial charge in [-0.2, -0.15) is 0 Å². The number of halogens is 1. The van der Waals surface area contributed by atoms with E-state index < -0.39 is 17.5 Å². The lowest BCUT2D eigenvalue weighted by molar-refractivity contribution is -0.132. The molecule has 3 N–H and O–H groups in total. The number of nitrogens with two attached hydrogens (primary N) is 1. The molecule has 0 bridgehead atoms. The highest BCUT2D eigenvalue weighted by Crippen LogP contribution is 2.33. The molecule has 1 aliphatic rings. The van der Waals surface area contributed by atoms with E-state index in [4.69, 9.17) is 17.3 Å². The highest BCUT2D eigenvalue weighted by Gasteiger charge is 2.50. The molecule has 0 saturated carbocycles. The Balaban J connectivity index is 2.32. The molecule has 0 radical (unpaired) electrons. The Bertz CT molecular complexity index is 588. The smallest absolute Gasteiger partial charge is 0.325 e. The van der Waals surface area contributed by atoms with Gasteiger partial charge in [0.25, 0.3) is 5.91 Å². The minimum absolute atomic E-state index is 0.0185. The molecular weight excluding hydrogens is 294 g/mol. The van der Waals surface area contributed by atoms with Gasteiger partial charge in [0.1, 0.15) is 5.54 Å². The first-order chi connectivity index (χ1) is 9.90. The number of nitrogens with one attached hydrogen (secondary N) is 1. The normalized spacial score (nSPS) is 21.5. The van der Waals surface area contributed by atoms with Gasteiger partial charge >= 0.3 is 6.03 Å². The summed E-state index contributed by atoms with van der Waals surface area (Å²) in [5, 5.41) is 3.27. The van der Waals surface area contributed by atoms with Gasteiger partial charge in [-0.3, -0.25) is 14.5 Å². The summed E-state index contributed by atoms with van der Waals surface area (Å²) in [7, 11) is 0. The summed E-state index contributed by atoms with van der Waals surface area (Å²) in [6, 6.07) is 6.24. The Morgan fingerprint density at radius 1 is 1.33 bits per heavy atom. The minimum atomic E-state index is -1.11. The third kappa shape index (κ3) is 2.71. The first-order valence-corrected chi connectivity index (χ1v) is 6.97. The van der Waals surface area contributed by atoms with E-state index in [1.165, 1.54) is 0 Å². The number of carbonyl (C=O) groups excluding carboxylic acids is 3. The van der Waals surface area contributed by atoms with E-state index in [1.54, 1.807) is 24.3 Å². The van der Waals surface area contributed by atoms with Crippen LogP contribution < -0.4 is 11.1 Å². The molecule has 0 spiro atoms. The number of hydrogen-bond acceptors (Lipinski definition) is 3. The van der Waals surface area contributed by atoms with Crippen LogP contribution in [-0.2, 0) is 15.1 Å². The van der Waals surface area contributed by atoms with Crippen molar-refractivity contribution in [2.24, 2.45) is 5.73 Å². The van der Waals surface area contributed by atoms with E-state index in [0.29, 0.717) is 17.0 Å². The largest absolute Gasteiger partial charge is 0.370 e. The molecule has 0 aromatic heterocycles. The minimum Gasteiger partial charge on any atom is -0.370 e. The third-order valence-electron chi connectivity index (χ3n) is 3.62. The van der Waals surface area contributed by atoms with E-state index >= 15 is 0 Å². The maximum Gasteiger partial charge on any atom is 0.325 e. The average Bonchev–Trinajstić information content (AvgIpc) is 2.69. The van der Waals surface area contributed by atoms with Gasteiger partial charge in [0.15, 0.2) is 0 Å². The molecule has 1 unspecified atom stereocenters. The quantitative estimate of drug-likeness (QED) is 0.805. The molecule has 1 aromatic rings. The Labute approximate surface area is 127 Å². The van der Waals surface area contributed by atoms with Crippen LogP contribution in [0.3, 0.4) is 0 Å². The summed E-state index contributed by atoms with van der Waals surface area (Å²) in [5.41, 5.74) is 4.62. The van der Waals surface area contributed by atoms with Crippen LogP contribution in [-0.4, -0.2) is 29.3 Å². The number of urea groups is 1. The second-order valence-electron chi connectivity index (χ2n) is 4.87. The lowest BCUT2D eigenvalue weighted by Crippen LogP contribution is -2.43. The van der Waals surface area contributed by atoms with Gasteiger partial charge in [-0.15, -0.1) is 0 Å². The summed E-state index contributed by atoms with van der Waals surface area (Å²) in [4.78, 5) is 36.5. The molecule has 7 heteroatoms. The van der Waals surface area contributed by atoms with Crippen LogP contribution in [0.25, 0.3) is 0 Å². The van der Waals surface area contributed by atoms with Gasteiger partial charge in [-0.05, 0) is 24.1 Å². The Morgan fingerprint density at radius 2 is 1.95 bits per heavy atom. The SMILES string of the molecule is CCC1(c2ccc(Cl)cc2)NC(=O)N(CCC(N)=O)C1=O. The Hall–Kier alpha value is -2.08. The molecule has 21 heavy (non-hydrogen) atoms. The first-order valence-electron chi connectivity index (χ1n) is 6.59. The number of primary amides is 1. The molecule has 4 amide bonds. The summed E-state index contributed by atoms with van der Waals surface area (Å²) >= 11 is 5.85. The van der Waals surface area contributed by atoms with E-state index in [1.807, 2.05) is 6.92 Å². The van der Waals surface area contributed by atoms with E-state index in [0.717, 1.165) is 4.90 Å². The van der Waals surface area contributed by atoms with Crippen molar-refractivity contribution >= 4 is 29.4 Å². The lowest BCUT2D eigenvalue weighted by Gasteiger charge is -2.25. The molecule has 1 aromatic carbocycles. The molecule has 6 nitrogen and oxygen atoms in total. The molecule has 1 saturated heterocycles. The first kappa shape index (κ1) is 15.3. The maximum absolute atomic E-state index is 12.6. The molecule has 2 rings (SSSR count). The lowest BCUT2D eigenvalue weighted by atomic mass is 9.87. The van der Waals surface area contributed by atoms with Crippen molar-refractivity contribution in [2.75, 3.05) is 6.54 Å². The van der Waals surface area contributed by atoms with Gasteiger partial charge < -0.3 is 11.1 Å². The van der Waals surface area contributed by atoms with Crippen LogP contribution in [0.4, 0.5) is 4.79 Å². The summed E-state index contributed by atoms with van der Waals surface area (Å²) in [5.74, 6) is -0.935. The molecule has 0 aliphatic carbocycles. The van der Waals surface area contributed by atoms with Crippen molar-refractivity contribution in [3.63, 3.8) is 0 Å². The van der Waals surface area contributed by atoms with Crippen molar-refractivity contribution in [1.82, 2.24) is 10.2 Å². The Morgan fingerprint density at radius 3 is 2.48 bits per heavy atom. The fourth-order valence-electron chi connectivity index (χ4n) is 2.42. The summed E-state index contributed by atoms with van der Waals surface area (Å²) in [6.45, 7) is 1.79. The van der Waals surface area contributed by atoms with Crippen molar-refractivity contribution in [3.8, 4) is 0 Å². The van der Waals surface area contributed by atoms with Crippen LogP contribution in [0, 0.1) is 0 Å². The fourth-order valence-corrected chi connectivity index (χ4v) is 2.55. The summed E-state index contributed by atoms with van der Waals surface area (Å²) in [6.07, 6.45) is 0.339. The highest BCUT2D eigenvalue weighted by molar-refractivity contribution is 6.30. The second kappa shape index (κ2) is 5.73. The number of hydrogen-bond donors (Lipinski definition) is 2. The topological polar surface area (TPSA) is 92.5 Å². The zero-order valence-corrected chi connectivity index (χ0v) is 12.3. The Kier molecular flexibility index (Phi) is 4.18. The van der Waals surface area contributed by atoms with Gasteiger partial charge in [-0.1, -0.05) is 30.7 Å². The summed E-state index contributed by atoms with van der Waals surface area (Å²) < 4.78 is 0. The van der Waals surface area contributed by atoms with Crippen molar-refractivity contribution in [2.45, 2.75) is 25.3 Å². The number of imide groups is 1. The van der Waals surface area contributed by atoms with Gasteiger partial charge in [0.05, 0.1) is 0 Å². The molecule has 1 atom stereocenters. The molecule has 1 aliphatic heterocycles. The predicted molar refractivity (Wildman–Crippen MR) is 77.5 cm³/mol. The number of benzene rings is 1. The molecule has 1 fully saturated rings. The average molecular weight is 310 g/mol. The standard InChI is InChI=1S/C14H16ClN3O3/c1-2-14(9-3-5-10(15)6-4-9)12(20)18(13(21)17-14)8-7-11(16)19/h3-6H,2,7-8H2,1H3,(H2,16,19)(H,17,21). The molecule has 1 heterocycles. The van der Waals surface area contributed by atoms with Crippen molar-refractivity contribution in [1.29, 1.82) is 0 Å².